The number of ketones is 1. The normalized spacial score (nSPS) is 10.7. The summed E-state index contributed by atoms with van der Waals surface area (Å²) in [5.41, 5.74) is 3.67. The van der Waals surface area contributed by atoms with Gasteiger partial charge in [-0.05, 0) is 64.2 Å². The lowest BCUT2D eigenvalue weighted by molar-refractivity contribution is -0.116. The summed E-state index contributed by atoms with van der Waals surface area (Å²) in [6, 6.07) is 11.1. The molecule has 0 radical (unpaired) electrons. The number of ether oxygens (including phenoxy) is 2. The lowest BCUT2D eigenvalue weighted by Gasteiger charge is -2.16. The van der Waals surface area contributed by atoms with Gasteiger partial charge in [-0.15, -0.1) is 0 Å². The fourth-order valence-corrected chi connectivity index (χ4v) is 2.95. The first-order chi connectivity index (χ1) is 13.8. The van der Waals surface area contributed by atoms with Crippen LogP contribution in [-0.4, -0.2) is 44.4 Å². The summed E-state index contributed by atoms with van der Waals surface area (Å²) < 4.78 is 11.0. The van der Waals surface area contributed by atoms with E-state index in [-0.39, 0.29) is 11.7 Å². The fourth-order valence-electron chi connectivity index (χ4n) is 2.95. The standard InChI is InChI=1S/C23H30N2O4/c1-16-8-10-20(19(13-16)15-25(3)4)24-23(27)7-6-12-29-21-11-9-18(17(2)26)14-22(21)28-5/h8-11,13-14H,6-7,12,15H2,1-5H3,(H,24,27). The molecule has 29 heavy (non-hydrogen) atoms. The predicted octanol–water partition coefficient (Wildman–Crippen LogP) is 4.07. The first kappa shape index (κ1) is 22.4. The summed E-state index contributed by atoms with van der Waals surface area (Å²) in [5.74, 6) is 0.993. The Morgan fingerprint density at radius 1 is 1.07 bits per heavy atom. The number of carbonyl (C=O) groups is 2. The van der Waals surface area contributed by atoms with Crippen molar-refractivity contribution in [3.8, 4) is 11.5 Å². The molecule has 2 aromatic carbocycles. The molecule has 0 heterocycles. The first-order valence-electron chi connectivity index (χ1n) is 9.66. The minimum absolute atomic E-state index is 0.0312. The van der Waals surface area contributed by atoms with Crippen LogP contribution in [0.3, 0.4) is 0 Å². The molecule has 0 aliphatic carbocycles. The molecule has 0 aliphatic heterocycles. The minimum atomic E-state index is -0.0450. The molecule has 0 aliphatic rings. The Kier molecular flexibility index (Phi) is 8.21. The molecule has 1 N–H and O–H groups in total. The molecule has 0 saturated heterocycles. The summed E-state index contributed by atoms with van der Waals surface area (Å²) in [6.07, 6.45) is 0.918. The third kappa shape index (κ3) is 6.91. The quantitative estimate of drug-likeness (QED) is 0.483. The summed E-state index contributed by atoms with van der Waals surface area (Å²) in [7, 11) is 5.54. The van der Waals surface area contributed by atoms with E-state index in [1.807, 2.05) is 33.2 Å². The van der Waals surface area contributed by atoms with Crippen LogP contribution < -0.4 is 14.8 Å². The number of nitrogens with one attached hydrogen (secondary N) is 1. The Labute approximate surface area is 172 Å². The van der Waals surface area contributed by atoms with E-state index in [4.69, 9.17) is 9.47 Å². The second kappa shape index (κ2) is 10.6. The smallest absolute Gasteiger partial charge is 0.224 e. The van der Waals surface area contributed by atoms with Gasteiger partial charge in [-0.3, -0.25) is 9.59 Å². The molecule has 2 aromatic rings. The molecule has 6 heteroatoms. The van der Waals surface area contributed by atoms with Gasteiger partial charge in [0.1, 0.15) is 0 Å². The Morgan fingerprint density at radius 2 is 1.83 bits per heavy atom. The second-order valence-corrected chi connectivity index (χ2v) is 7.32. The second-order valence-electron chi connectivity index (χ2n) is 7.32. The van der Waals surface area contributed by atoms with Crippen molar-refractivity contribution in [2.45, 2.75) is 33.2 Å². The lowest BCUT2D eigenvalue weighted by atomic mass is 10.1. The predicted molar refractivity (Wildman–Crippen MR) is 115 cm³/mol. The Balaban J connectivity index is 1.87. The molecule has 0 saturated carbocycles. The number of benzene rings is 2. The van der Waals surface area contributed by atoms with Crippen LogP contribution in [0.1, 0.15) is 41.3 Å². The zero-order valence-electron chi connectivity index (χ0n) is 17.9. The SMILES string of the molecule is COc1cc(C(C)=O)ccc1OCCCC(=O)Nc1ccc(C)cc1CN(C)C. The van der Waals surface area contributed by atoms with Crippen molar-refractivity contribution in [1.29, 1.82) is 0 Å². The number of hydrogen-bond acceptors (Lipinski definition) is 5. The van der Waals surface area contributed by atoms with E-state index in [0.29, 0.717) is 36.5 Å². The van der Waals surface area contributed by atoms with E-state index >= 15 is 0 Å². The summed E-state index contributed by atoms with van der Waals surface area (Å²) >= 11 is 0. The van der Waals surface area contributed by atoms with Crippen molar-refractivity contribution >= 4 is 17.4 Å². The largest absolute Gasteiger partial charge is 0.493 e. The summed E-state index contributed by atoms with van der Waals surface area (Å²) in [4.78, 5) is 25.9. The van der Waals surface area contributed by atoms with E-state index in [0.717, 1.165) is 23.4 Å². The minimum Gasteiger partial charge on any atom is -0.493 e. The van der Waals surface area contributed by atoms with E-state index in [9.17, 15) is 9.59 Å². The zero-order valence-corrected chi connectivity index (χ0v) is 17.9. The maximum atomic E-state index is 12.3. The first-order valence-corrected chi connectivity index (χ1v) is 9.66. The van der Waals surface area contributed by atoms with Crippen molar-refractivity contribution in [2.24, 2.45) is 0 Å². The molecular formula is C23H30N2O4. The van der Waals surface area contributed by atoms with E-state index in [1.165, 1.54) is 14.0 Å². The molecule has 1 amide bonds. The highest BCUT2D eigenvalue weighted by molar-refractivity contribution is 5.94. The maximum absolute atomic E-state index is 12.3. The third-order valence-electron chi connectivity index (χ3n) is 4.40. The number of Topliss-reactive ketones (excluding diaryl/α,β-unsaturated/α-hetero) is 1. The van der Waals surface area contributed by atoms with Gasteiger partial charge < -0.3 is 19.7 Å². The molecule has 0 bridgehead atoms. The van der Waals surface area contributed by atoms with Gasteiger partial charge in [0.25, 0.3) is 0 Å². The van der Waals surface area contributed by atoms with Crippen molar-refractivity contribution in [3.05, 3.63) is 53.1 Å². The fraction of sp³-hybridized carbons (Fsp3) is 0.391. The number of methoxy groups -OCH3 is 1. The van der Waals surface area contributed by atoms with Gasteiger partial charge in [0.05, 0.1) is 13.7 Å². The summed E-state index contributed by atoms with van der Waals surface area (Å²) in [5, 5.41) is 3.00. The van der Waals surface area contributed by atoms with Crippen LogP contribution in [-0.2, 0) is 11.3 Å². The molecule has 0 spiro atoms. The van der Waals surface area contributed by atoms with Crippen molar-refractivity contribution in [2.75, 3.05) is 33.1 Å². The highest BCUT2D eigenvalue weighted by Gasteiger charge is 2.10. The number of hydrogen-bond donors (Lipinski definition) is 1. The Bertz CT molecular complexity index is 862. The van der Waals surface area contributed by atoms with Crippen LogP contribution in [0.15, 0.2) is 36.4 Å². The molecule has 0 unspecified atom stereocenters. The van der Waals surface area contributed by atoms with Gasteiger partial charge >= 0.3 is 0 Å². The van der Waals surface area contributed by atoms with Crippen LogP contribution in [0, 0.1) is 6.92 Å². The molecule has 0 fully saturated rings. The number of nitrogens with zero attached hydrogens (tertiary/aromatic N) is 1. The third-order valence-corrected chi connectivity index (χ3v) is 4.40. The molecule has 6 nitrogen and oxygen atoms in total. The zero-order chi connectivity index (χ0) is 21.4. The molecule has 2 rings (SSSR count). The van der Waals surface area contributed by atoms with Crippen molar-refractivity contribution in [1.82, 2.24) is 4.90 Å². The molecule has 156 valence electrons. The monoisotopic (exact) mass is 398 g/mol. The van der Waals surface area contributed by atoms with Gasteiger partial charge in [-0.1, -0.05) is 17.7 Å². The maximum Gasteiger partial charge on any atom is 0.224 e. The van der Waals surface area contributed by atoms with E-state index < -0.39 is 0 Å². The van der Waals surface area contributed by atoms with Crippen LogP contribution in [0.25, 0.3) is 0 Å². The lowest BCUT2D eigenvalue weighted by Crippen LogP contribution is -2.17. The Hall–Kier alpha value is -2.86. The van der Waals surface area contributed by atoms with E-state index in [1.54, 1.807) is 18.2 Å². The number of rotatable bonds is 10. The number of carbonyl (C=O) groups excluding carboxylic acids is 2. The van der Waals surface area contributed by atoms with Gasteiger partial charge in [-0.25, -0.2) is 0 Å². The van der Waals surface area contributed by atoms with Gasteiger partial charge in [0.2, 0.25) is 5.91 Å². The van der Waals surface area contributed by atoms with Gasteiger partial charge in [0, 0.05) is 24.2 Å². The average molecular weight is 399 g/mol. The Morgan fingerprint density at radius 3 is 2.48 bits per heavy atom. The van der Waals surface area contributed by atoms with E-state index in [2.05, 4.69) is 16.3 Å². The van der Waals surface area contributed by atoms with Gasteiger partial charge in [-0.2, -0.15) is 0 Å². The topological polar surface area (TPSA) is 67.9 Å². The highest BCUT2D eigenvalue weighted by atomic mass is 16.5. The van der Waals surface area contributed by atoms with Crippen LogP contribution in [0.5, 0.6) is 11.5 Å². The van der Waals surface area contributed by atoms with Crippen molar-refractivity contribution < 1.29 is 19.1 Å². The van der Waals surface area contributed by atoms with Crippen LogP contribution in [0.4, 0.5) is 5.69 Å². The molecule has 0 aromatic heterocycles. The van der Waals surface area contributed by atoms with Crippen LogP contribution >= 0.6 is 0 Å². The van der Waals surface area contributed by atoms with Gasteiger partial charge in [0.15, 0.2) is 17.3 Å². The summed E-state index contributed by atoms with van der Waals surface area (Å²) in [6.45, 7) is 4.68. The number of anilines is 1. The number of aryl methyl sites for hydroxylation is 1. The number of amides is 1. The van der Waals surface area contributed by atoms with Crippen molar-refractivity contribution in [3.63, 3.8) is 0 Å². The highest BCUT2D eigenvalue weighted by Crippen LogP contribution is 2.28. The molecular weight excluding hydrogens is 368 g/mol. The average Bonchev–Trinajstić information content (AvgIpc) is 2.66. The van der Waals surface area contributed by atoms with Crippen LogP contribution in [0.2, 0.25) is 0 Å². The molecule has 0 atom stereocenters.